The number of esters is 2. The number of carbonyl (C=O) groups excluding carboxylic acids is 3. The second kappa shape index (κ2) is 15.1. The largest absolute Gasteiger partial charge is 0.496 e. The number of halogens is 1. The van der Waals surface area contributed by atoms with Gasteiger partial charge >= 0.3 is 11.9 Å². The van der Waals surface area contributed by atoms with Crippen molar-refractivity contribution in [1.29, 1.82) is 0 Å². The van der Waals surface area contributed by atoms with Crippen molar-refractivity contribution in [1.82, 2.24) is 5.32 Å². The highest BCUT2D eigenvalue weighted by Crippen LogP contribution is 2.40. The van der Waals surface area contributed by atoms with Crippen LogP contribution in [0, 0.1) is 29.0 Å². The molecule has 1 N–H and O–H groups in total. The van der Waals surface area contributed by atoms with Gasteiger partial charge in [-0.3, -0.25) is 14.4 Å². The highest BCUT2D eigenvalue weighted by Gasteiger charge is 2.41. The molecular weight excluding hydrogens is 589 g/mol. The molecule has 1 amide bonds. The lowest BCUT2D eigenvalue weighted by atomic mass is 9.74. The first-order valence-corrected chi connectivity index (χ1v) is 16.3. The van der Waals surface area contributed by atoms with Gasteiger partial charge in [-0.1, -0.05) is 49.4 Å². The number of ether oxygens (including phenoxy) is 4. The molecule has 0 saturated heterocycles. The first-order chi connectivity index (χ1) is 21.8. The molecule has 2 aliphatic carbocycles. The highest BCUT2D eigenvalue weighted by atomic mass is 19.1. The number of carbonyl (C=O) groups is 3. The maximum Gasteiger partial charge on any atom is 0.312 e. The van der Waals surface area contributed by atoms with Gasteiger partial charge in [-0.05, 0) is 89.7 Å². The molecule has 0 bridgehead atoms. The number of hydrogen-bond acceptors (Lipinski definition) is 7. The summed E-state index contributed by atoms with van der Waals surface area (Å²) in [5.41, 5.74) is -0.164. The van der Waals surface area contributed by atoms with E-state index in [0.29, 0.717) is 32.1 Å². The first kappa shape index (κ1) is 35.0. The van der Waals surface area contributed by atoms with Crippen LogP contribution in [0.15, 0.2) is 54.6 Å². The number of allylic oxidation sites excluding steroid dienone is 2. The smallest absolute Gasteiger partial charge is 0.312 e. The van der Waals surface area contributed by atoms with Crippen molar-refractivity contribution >= 4 is 17.8 Å². The fourth-order valence-corrected chi connectivity index (χ4v) is 6.26. The Kier molecular flexibility index (Phi) is 11.5. The molecule has 2 aliphatic rings. The lowest BCUT2D eigenvalue weighted by molar-refractivity contribution is -0.169. The SMILES string of the molecule is CC[C@H]1C=CC[C@@H](C(=O)OCc2ccccc2)[C@H]1CNC(=O)c1cc(OC2CCC(C)(C(=O)OC(C)(C)C)CC2)c(F)cc1OC. The van der Waals surface area contributed by atoms with E-state index in [1.165, 1.54) is 13.2 Å². The maximum atomic E-state index is 15.1. The van der Waals surface area contributed by atoms with E-state index in [2.05, 4.69) is 18.3 Å². The molecule has 46 heavy (non-hydrogen) atoms. The maximum absolute atomic E-state index is 15.1. The van der Waals surface area contributed by atoms with Gasteiger partial charge in [0.25, 0.3) is 5.91 Å². The molecular formula is C37H48FNO7. The molecule has 0 aliphatic heterocycles. The van der Waals surface area contributed by atoms with Crippen LogP contribution in [-0.2, 0) is 25.7 Å². The van der Waals surface area contributed by atoms with Crippen LogP contribution in [-0.4, -0.2) is 43.2 Å². The summed E-state index contributed by atoms with van der Waals surface area (Å²) < 4.78 is 37.9. The number of rotatable bonds is 11. The Labute approximate surface area is 272 Å². The van der Waals surface area contributed by atoms with Crippen molar-refractivity contribution in [2.24, 2.45) is 23.2 Å². The third-order valence-corrected chi connectivity index (χ3v) is 9.06. The van der Waals surface area contributed by atoms with E-state index in [0.717, 1.165) is 18.1 Å². The molecule has 9 heteroatoms. The van der Waals surface area contributed by atoms with Gasteiger partial charge in [-0.2, -0.15) is 0 Å². The minimum atomic E-state index is -0.640. The Morgan fingerprint density at radius 2 is 1.74 bits per heavy atom. The lowest BCUT2D eigenvalue weighted by Gasteiger charge is -2.37. The van der Waals surface area contributed by atoms with Gasteiger partial charge < -0.3 is 24.3 Å². The van der Waals surface area contributed by atoms with Gasteiger partial charge in [0, 0.05) is 12.6 Å². The van der Waals surface area contributed by atoms with Crippen LogP contribution in [0.1, 0.15) is 89.1 Å². The van der Waals surface area contributed by atoms with E-state index in [-0.39, 0.29) is 60.1 Å². The van der Waals surface area contributed by atoms with Crippen LogP contribution in [0.2, 0.25) is 0 Å². The summed E-state index contributed by atoms with van der Waals surface area (Å²) in [6.45, 7) is 9.90. The summed E-state index contributed by atoms with van der Waals surface area (Å²) in [7, 11) is 1.38. The molecule has 0 heterocycles. The molecule has 1 fully saturated rings. The number of amides is 1. The fraction of sp³-hybridized carbons (Fsp3) is 0.541. The van der Waals surface area contributed by atoms with Crippen LogP contribution in [0.4, 0.5) is 4.39 Å². The molecule has 8 nitrogen and oxygen atoms in total. The van der Waals surface area contributed by atoms with E-state index in [9.17, 15) is 14.4 Å². The van der Waals surface area contributed by atoms with Crippen LogP contribution >= 0.6 is 0 Å². The third-order valence-electron chi connectivity index (χ3n) is 9.06. The predicted molar refractivity (Wildman–Crippen MR) is 173 cm³/mol. The van der Waals surface area contributed by atoms with Crippen LogP contribution in [0.3, 0.4) is 0 Å². The van der Waals surface area contributed by atoms with E-state index >= 15 is 4.39 Å². The average Bonchev–Trinajstić information content (AvgIpc) is 3.03. The second-order valence-electron chi connectivity index (χ2n) is 13.7. The zero-order chi connectivity index (χ0) is 33.5. The zero-order valence-corrected chi connectivity index (χ0v) is 27.9. The molecule has 0 radical (unpaired) electrons. The Balaban J connectivity index is 1.42. The quantitative estimate of drug-likeness (QED) is 0.206. The summed E-state index contributed by atoms with van der Waals surface area (Å²) >= 11 is 0. The van der Waals surface area contributed by atoms with Crippen molar-refractivity contribution in [2.45, 2.75) is 91.5 Å². The van der Waals surface area contributed by atoms with Crippen molar-refractivity contribution in [2.75, 3.05) is 13.7 Å². The third kappa shape index (κ3) is 8.89. The van der Waals surface area contributed by atoms with Crippen molar-refractivity contribution in [3.8, 4) is 11.5 Å². The number of nitrogens with one attached hydrogen (secondary N) is 1. The van der Waals surface area contributed by atoms with Gasteiger partial charge in [0.15, 0.2) is 11.6 Å². The fourth-order valence-electron chi connectivity index (χ4n) is 6.26. The minimum absolute atomic E-state index is 0.0498. The molecule has 2 aromatic rings. The van der Waals surface area contributed by atoms with Gasteiger partial charge in [0.2, 0.25) is 0 Å². The summed E-state index contributed by atoms with van der Waals surface area (Å²) in [5, 5.41) is 2.97. The standard InChI is InChI=1S/C37H48FNO7/c1-7-25-14-11-15-27(34(41)44-23-24-12-9-8-10-13-24)29(25)22-39-33(40)28-20-32(30(38)21-31(28)43-6)45-26-16-18-37(5,19-17-26)35(42)46-36(2,3)4/h8-14,20-21,25-27,29H,7,15-19,22-23H2,1-6H3,(H,39,40)/t25-,26?,27+,29-,37?/m0/s1. The van der Waals surface area contributed by atoms with E-state index < -0.39 is 28.7 Å². The van der Waals surface area contributed by atoms with Gasteiger partial charge in [-0.25, -0.2) is 4.39 Å². The number of methoxy groups -OCH3 is 1. The van der Waals surface area contributed by atoms with Crippen LogP contribution in [0.25, 0.3) is 0 Å². The minimum Gasteiger partial charge on any atom is -0.496 e. The van der Waals surface area contributed by atoms with Crippen molar-refractivity contribution < 1.29 is 37.7 Å². The summed E-state index contributed by atoms with van der Waals surface area (Å²) in [4.78, 5) is 39.5. The molecule has 3 atom stereocenters. The highest BCUT2D eigenvalue weighted by molar-refractivity contribution is 5.97. The molecule has 0 unspecified atom stereocenters. The first-order valence-electron chi connectivity index (χ1n) is 16.3. The Morgan fingerprint density at radius 1 is 1.04 bits per heavy atom. The van der Waals surface area contributed by atoms with Gasteiger partial charge in [0.05, 0.1) is 30.1 Å². The van der Waals surface area contributed by atoms with Crippen LogP contribution in [0.5, 0.6) is 11.5 Å². The summed E-state index contributed by atoms with van der Waals surface area (Å²) in [6, 6.07) is 12.0. The molecule has 0 aromatic heterocycles. The summed E-state index contributed by atoms with van der Waals surface area (Å²) in [5.74, 6) is -2.10. The Morgan fingerprint density at radius 3 is 2.37 bits per heavy atom. The predicted octanol–water partition coefficient (Wildman–Crippen LogP) is 7.20. The second-order valence-corrected chi connectivity index (χ2v) is 13.7. The number of hydrogen-bond donors (Lipinski definition) is 1. The van der Waals surface area contributed by atoms with E-state index in [1.54, 1.807) is 0 Å². The normalized spacial score (nSPS) is 24.5. The van der Waals surface area contributed by atoms with Gasteiger partial charge in [0.1, 0.15) is 18.0 Å². The van der Waals surface area contributed by atoms with Crippen LogP contribution < -0.4 is 14.8 Å². The summed E-state index contributed by atoms with van der Waals surface area (Å²) in [6.07, 6.45) is 7.27. The Hall–Kier alpha value is -3.88. The zero-order valence-electron chi connectivity index (χ0n) is 27.9. The van der Waals surface area contributed by atoms with E-state index in [1.807, 2.05) is 64.1 Å². The number of benzene rings is 2. The molecule has 1 saturated carbocycles. The van der Waals surface area contributed by atoms with Crippen molar-refractivity contribution in [3.63, 3.8) is 0 Å². The molecule has 250 valence electrons. The van der Waals surface area contributed by atoms with Crippen molar-refractivity contribution in [3.05, 3.63) is 71.6 Å². The van der Waals surface area contributed by atoms with Gasteiger partial charge in [-0.15, -0.1) is 0 Å². The molecule has 0 spiro atoms. The van der Waals surface area contributed by atoms with E-state index in [4.69, 9.17) is 18.9 Å². The molecule has 4 rings (SSSR count). The molecule has 2 aromatic carbocycles. The monoisotopic (exact) mass is 637 g/mol. The lowest BCUT2D eigenvalue weighted by Crippen LogP contribution is -2.41. The Bertz CT molecular complexity index is 1390. The topological polar surface area (TPSA) is 100 Å². The average molecular weight is 638 g/mol.